The highest BCUT2D eigenvalue weighted by molar-refractivity contribution is 5.73. The van der Waals surface area contributed by atoms with Crippen molar-refractivity contribution in [2.24, 2.45) is 5.92 Å². The number of amides is 2. The zero-order valence-electron chi connectivity index (χ0n) is 14.1. The van der Waals surface area contributed by atoms with Crippen LogP contribution in [0.25, 0.3) is 0 Å². The molecule has 1 aromatic rings. The van der Waals surface area contributed by atoms with Crippen molar-refractivity contribution in [3.8, 4) is 5.75 Å². The summed E-state index contributed by atoms with van der Waals surface area (Å²) in [5.41, 5.74) is 0.966. The average Bonchev–Trinajstić information content (AvgIpc) is 2.56. The molecule has 128 valence electrons. The summed E-state index contributed by atoms with van der Waals surface area (Å²) in [6, 6.07) is 7.61. The van der Waals surface area contributed by atoms with Crippen LogP contribution >= 0.6 is 0 Å². The van der Waals surface area contributed by atoms with E-state index in [1.54, 1.807) is 11.9 Å². The first-order valence-electron chi connectivity index (χ1n) is 8.49. The van der Waals surface area contributed by atoms with Gasteiger partial charge in [0.1, 0.15) is 5.75 Å². The monoisotopic (exact) mass is 320 g/mol. The molecule has 0 aromatic heterocycles. The van der Waals surface area contributed by atoms with E-state index in [0.717, 1.165) is 37.0 Å². The number of hydrogen-bond donors (Lipinski definition) is 2. The van der Waals surface area contributed by atoms with Gasteiger partial charge in [0.15, 0.2) is 0 Å². The molecule has 1 saturated carbocycles. The minimum Gasteiger partial charge on any atom is -0.494 e. The van der Waals surface area contributed by atoms with Crippen LogP contribution in [-0.4, -0.2) is 42.3 Å². The Labute approximate surface area is 138 Å². The number of nitrogens with one attached hydrogen (secondary N) is 1. The van der Waals surface area contributed by atoms with Crippen molar-refractivity contribution in [2.45, 2.75) is 45.3 Å². The smallest absolute Gasteiger partial charge is 0.317 e. The summed E-state index contributed by atoms with van der Waals surface area (Å²) in [6.45, 7) is 3.58. The second-order valence-electron chi connectivity index (χ2n) is 6.19. The molecule has 2 amide bonds. The lowest BCUT2D eigenvalue weighted by atomic mass is 9.86. The van der Waals surface area contributed by atoms with Crippen molar-refractivity contribution < 1.29 is 14.6 Å². The predicted octanol–water partition coefficient (Wildman–Crippen LogP) is 2.78. The van der Waals surface area contributed by atoms with E-state index >= 15 is 0 Å². The maximum absolute atomic E-state index is 12.3. The van der Waals surface area contributed by atoms with Gasteiger partial charge >= 0.3 is 6.03 Å². The molecule has 1 aromatic carbocycles. The minimum atomic E-state index is -0.280. The molecule has 23 heavy (non-hydrogen) atoms. The lowest BCUT2D eigenvalue weighted by Gasteiger charge is -2.31. The summed E-state index contributed by atoms with van der Waals surface area (Å²) in [4.78, 5) is 13.9. The zero-order valence-corrected chi connectivity index (χ0v) is 14.1. The maximum Gasteiger partial charge on any atom is 0.317 e. The van der Waals surface area contributed by atoms with Crippen LogP contribution in [0.4, 0.5) is 4.79 Å². The van der Waals surface area contributed by atoms with E-state index in [1.807, 2.05) is 31.2 Å². The number of urea groups is 1. The van der Waals surface area contributed by atoms with Gasteiger partial charge in [-0.1, -0.05) is 31.0 Å². The van der Waals surface area contributed by atoms with E-state index in [0.29, 0.717) is 19.7 Å². The highest BCUT2D eigenvalue weighted by Crippen LogP contribution is 2.25. The molecule has 2 N–H and O–H groups in total. The summed E-state index contributed by atoms with van der Waals surface area (Å²) in [6.07, 6.45) is 3.78. The van der Waals surface area contributed by atoms with Crippen LogP contribution < -0.4 is 10.1 Å². The van der Waals surface area contributed by atoms with Crippen LogP contribution in [0, 0.1) is 5.92 Å². The number of benzene rings is 1. The second-order valence-corrected chi connectivity index (χ2v) is 6.19. The molecule has 0 heterocycles. The Morgan fingerprint density at radius 2 is 2.09 bits per heavy atom. The highest BCUT2D eigenvalue weighted by atomic mass is 16.5. The first-order chi connectivity index (χ1) is 11.1. The van der Waals surface area contributed by atoms with E-state index in [-0.39, 0.29) is 18.1 Å². The third kappa shape index (κ3) is 5.13. The maximum atomic E-state index is 12.3. The number of aliphatic hydroxyl groups is 1. The quantitative estimate of drug-likeness (QED) is 0.847. The molecule has 1 fully saturated rings. The molecular formula is C18H28N2O3. The van der Waals surface area contributed by atoms with Gasteiger partial charge in [-0.05, 0) is 25.8 Å². The van der Waals surface area contributed by atoms with E-state index in [1.165, 1.54) is 0 Å². The summed E-state index contributed by atoms with van der Waals surface area (Å²) in [5.74, 6) is 0.996. The van der Waals surface area contributed by atoms with Crippen molar-refractivity contribution in [3.05, 3.63) is 29.8 Å². The highest BCUT2D eigenvalue weighted by Gasteiger charge is 2.25. The van der Waals surface area contributed by atoms with Crippen LogP contribution in [-0.2, 0) is 6.54 Å². The fourth-order valence-corrected chi connectivity index (χ4v) is 3.09. The van der Waals surface area contributed by atoms with Crippen LogP contribution in [0.15, 0.2) is 24.3 Å². The fraction of sp³-hybridized carbons (Fsp3) is 0.611. The summed E-state index contributed by atoms with van der Waals surface area (Å²) < 4.78 is 5.57. The lowest BCUT2D eigenvalue weighted by Crippen LogP contribution is -2.42. The molecule has 1 aliphatic carbocycles. The minimum absolute atomic E-state index is 0.117. The van der Waals surface area contributed by atoms with E-state index in [9.17, 15) is 9.90 Å². The van der Waals surface area contributed by atoms with Crippen LogP contribution in [0.2, 0.25) is 0 Å². The van der Waals surface area contributed by atoms with Gasteiger partial charge in [0, 0.05) is 31.6 Å². The second kappa shape index (κ2) is 8.77. The molecule has 5 nitrogen and oxygen atoms in total. The number of ether oxygens (including phenoxy) is 1. The number of carbonyl (C=O) groups excluding carboxylic acids is 1. The summed E-state index contributed by atoms with van der Waals surface area (Å²) >= 11 is 0. The van der Waals surface area contributed by atoms with Gasteiger partial charge in [0.25, 0.3) is 0 Å². The van der Waals surface area contributed by atoms with Gasteiger partial charge in [0.2, 0.25) is 0 Å². The Balaban J connectivity index is 1.84. The van der Waals surface area contributed by atoms with Crippen molar-refractivity contribution in [1.82, 2.24) is 10.2 Å². The van der Waals surface area contributed by atoms with E-state index in [4.69, 9.17) is 4.74 Å². The van der Waals surface area contributed by atoms with E-state index < -0.39 is 0 Å². The fourth-order valence-electron chi connectivity index (χ4n) is 3.09. The van der Waals surface area contributed by atoms with Gasteiger partial charge in [-0.15, -0.1) is 0 Å². The lowest BCUT2D eigenvalue weighted by molar-refractivity contribution is 0.0565. The number of hydrogen-bond acceptors (Lipinski definition) is 3. The van der Waals surface area contributed by atoms with Crippen LogP contribution in [0.3, 0.4) is 0 Å². The Morgan fingerprint density at radius 3 is 2.83 bits per heavy atom. The SMILES string of the molecule is CCOc1ccccc1CNC(=O)N(C)CC1CCCCC1O. The van der Waals surface area contributed by atoms with Gasteiger partial charge in [0.05, 0.1) is 12.7 Å². The standard InChI is InChI=1S/C18H28N2O3/c1-3-23-17-11-7-5-8-14(17)12-19-18(22)20(2)13-15-9-4-6-10-16(15)21/h5,7-8,11,15-16,21H,3-4,6,9-10,12-13H2,1-2H3,(H,19,22). The number of para-hydroxylation sites is 1. The summed E-state index contributed by atoms with van der Waals surface area (Å²) in [7, 11) is 1.78. The van der Waals surface area contributed by atoms with Gasteiger partial charge < -0.3 is 20.1 Å². The third-order valence-corrected chi connectivity index (χ3v) is 4.43. The number of rotatable bonds is 6. The predicted molar refractivity (Wildman–Crippen MR) is 90.4 cm³/mol. The molecule has 2 unspecified atom stereocenters. The first kappa shape index (κ1) is 17.6. The van der Waals surface area contributed by atoms with Gasteiger partial charge in [-0.25, -0.2) is 4.79 Å². The van der Waals surface area contributed by atoms with E-state index in [2.05, 4.69) is 5.32 Å². The van der Waals surface area contributed by atoms with Crippen molar-refractivity contribution in [1.29, 1.82) is 0 Å². The molecule has 0 bridgehead atoms. The van der Waals surface area contributed by atoms with Crippen molar-refractivity contribution in [2.75, 3.05) is 20.2 Å². The molecule has 0 saturated heterocycles. The van der Waals surface area contributed by atoms with Gasteiger partial charge in [-0.2, -0.15) is 0 Å². The Bertz CT molecular complexity index is 507. The number of nitrogens with zero attached hydrogens (tertiary/aromatic N) is 1. The number of aliphatic hydroxyl groups excluding tert-OH is 1. The molecule has 5 heteroatoms. The molecule has 0 aliphatic heterocycles. The third-order valence-electron chi connectivity index (χ3n) is 4.43. The largest absolute Gasteiger partial charge is 0.494 e. The van der Waals surface area contributed by atoms with Crippen molar-refractivity contribution >= 4 is 6.03 Å². The Hall–Kier alpha value is -1.75. The van der Waals surface area contributed by atoms with Crippen LogP contribution in [0.5, 0.6) is 5.75 Å². The van der Waals surface area contributed by atoms with Gasteiger partial charge in [-0.3, -0.25) is 0 Å². The molecular weight excluding hydrogens is 292 g/mol. The number of carbonyl (C=O) groups is 1. The molecule has 0 radical (unpaired) electrons. The molecule has 1 aliphatic rings. The summed E-state index contributed by atoms with van der Waals surface area (Å²) in [5, 5.41) is 13.0. The molecule has 0 spiro atoms. The molecule has 2 atom stereocenters. The topological polar surface area (TPSA) is 61.8 Å². The molecule has 2 rings (SSSR count). The zero-order chi connectivity index (χ0) is 16.7. The Kier molecular flexibility index (Phi) is 6.71. The van der Waals surface area contributed by atoms with Crippen LogP contribution in [0.1, 0.15) is 38.2 Å². The normalized spacial score (nSPS) is 20.8. The Morgan fingerprint density at radius 1 is 1.35 bits per heavy atom. The average molecular weight is 320 g/mol. The first-order valence-corrected chi connectivity index (χ1v) is 8.49. The van der Waals surface area contributed by atoms with Crippen molar-refractivity contribution in [3.63, 3.8) is 0 Å².